The van der Waals surface area contributed by atoms with Gasteiger partial charge in [-0.1, -0.05) is 31.2 Å². The van der Waals surface area contributed by atoms with Crippen LogP contribution in [0.25, 0.3) is 10.1 Å². The highest BCUT2D eigenvalue weighted by Gasteiger charge is 2.19. The molecule has 168 valence electrons. The van der Waals surface area contributed by atoms with Crippen LogP contribution >= 0.6 is 11.3 Å². The summed E-state index contributed by atoms with van der Waals surface area (Å²) in [5, 5.41) is 6.76. The fourth-order valence-corrected chi connectivity index (χ4v) is 4.60. The number of nitrogen functional groups attached to an aromatic ring is 1. The lowest BCUT2D eigenvalue weighted by molar-refractivity contribution is -0.117. The van der Waals surface area contributed by atoms with Gasteiger partial charge in [-0.15, -0.1) is 11.3 Å². The van der Waals surface area contributed by atoms with Gasteiger partial charge in [-0.2, -0.15) is 0 Å². The molecular formula is C26H25N3O3S. The van der Waals surface area contributed by atoms with Crippen LogP contribution < -0.4 is 21.1 Å². The number of hydrogen-bond acceptors (Lipinski definition) is 5. The molecule has 1 heterocycles. The number of ether oxygens (including phenoxy) is 1. The third-order valence-corrected chi connectivity index (χ3v) is 6.57. The summed E-state index contributed by atoms with van der Waals surface area (Å²) in [6, 6.07) is 22.2. The summed E-state index contributed by atoms with van der Waals surface area (Å²) in [7, 11) is 1.62. The number of nitrogens with one attached hydrogen (secondary N) is 2. The number of fused-ring (bicyclic) bond motifs is 1. The molecule has 1 atom stereocenters. The molecule has 6 nitrogen and oxygen atoms in total. The molecule has 3 aromatic carbocycles. The molecule has 4 aromatic rings. The van der Waals surface area contributed by atoms with Gasteiger partial charge in [0, 0.05) is 10.4 Å². The smallest absolute Gasteiger partial charge is 0.265 e. The zero-order valence-electron chi connectivity index (χ0n) is 18.4. The van der Waals surface area contributed by atoms with Gasteiger partial charge in [0.25, 0.3) is 5.91 Å². The monoisotopic (exact) mass is 459 g/mol. The average Bonchev–Trinajstić information content (AvgIpc) is 3.25. The Labute approximate surface area is 196 Å². The van der Waals surface area contributed by atoms with Gasteiger partial charge in [0.15, 0.2) is 0 Å². The van der Waals surface area contributed by atoms with Gasteiger partial charge < -0.3 is 21.1 Å². The van der Waals surface area contributed by atoms with Gasteiger partial charge in [0.1, 0.15) is 5.75 Å². The van der Waals surface area contributed by atoms with Crippen LogP contribution in [0.1, 0.15) is 34.5 Å². The summed E-state index contributed by atoms with van der Waals surface area (Å²) in [5.74, 6) is 0.193. The molecule has 33 heavy (non-hydrogen) atoms. The first-order valence-electron chi connectivity index (χ1n) is 10.6. The molecule has 4 rings (SSSR count). The van der Waals surface area contributed by atoms with E-state index in [2.05, 4.69) is 10.6 Å². The molecule has 1 aromatic heterocycles. The fraction of sp³-hybridized carbons (Fsp3) is 0.154. The minimum Gasteiger partial charge on any atom is -0.497 e. The summed E-state index contributed by atoms with van der Waals surface area (Å²) >= 11 is 1.39. The van der Waals surface area contributed by atoms with Crippen LogP contribution in [-0.4, -0.2) is 18.9 Å². The Kier molecular flexibility index (Phi) is 6.60. The molecule has 0 bridgehead atoms. The summed E-state index contributed by atoms with van der Waals surface area (Å²) in [6.45, 7) is 1.99. The number of carbonyl (C=O) groups excluding carboxylic acids is 2. The first kappa shape index (κ1) is 22.4. The first-order chi connectivity index (χ1) is 16.0. The number of anilines is 3. The van der Waals surface area contributed by atoms with E-state index in [0.29, 0.717) is 28.4 Å². The lowest BCUT2D eigenvalue weighted by Crippen LogP contribution is -2.20. The lowest BCUT2D eigenvalue weighted by Gasteiger charge is -2.16. The zero-order chi connectivity index (χ0) is 23.4. The molecule has 2 amide bonds. The second kappa shape index (κ2) is 9.75. The largest absolute Gasteiger partial charge is 0.497 e. The van der Waals surface area contributed by atoms with Gasteiger partial charge >= 0.3 is 0 Å². The van der Waals surface area contributed by atoms with Crippen molar-refractivity contribution < 1.29 is 14.3 Å². The minimum absolute atomic E-state index is 0.0743. The molecule has 0 aliphatic heterocycles. The SMILES string of the molecule is CC[C@H](C(=O)Nc1ccc2sc(C(=O)Nc3ccccc3N)cc2c1)c1ccc(OC)cc1. The fourth-order valence-electron chi connectivity index (χ4n) is 3.67. The molecule has 0 unspecified atom stereocenters. The first-order valence-corrected chi connectivity index (χ1v) is 11.4. The van der Waals surface area contributed by atoms with Gasteiger partial charge in [0.2, 0.25) is 5.91 Å². The number of amides is 2. The van der Waals surface area contributed by atoms with Crippen molar-refractivity contribution in [1.29, 1.82) is 0 Å². The molecule has 0 fully saturated rings. The van der Waals surface area contributed by atoms with E-state index in [4.69, 9.17) is 10.5 Å². The van der Waals surface area contributed by atoms with Crippen molar-refractivity contribution in [1.82, 2.24) is 0 Å². The molecule has 7 heteroatoms. The summed E-state index contributed by atoms with van der Waals surface area (Å²) in [4.78, 5) is 26.2. The Morgan fingerprint density at radius 3 is 2.45 bits per heavy atom. The van der Waals surface area contributed by atoms with Crippen molar-refractivity contribution in [2.24, 2.45) is 0 Å². The van der Waals surface area contributed by atoms with Crippen molar-refractivity contribution in [3.8, 4) is 5.75 Å². The molecule has 0 radical (unpaired) electrons. The third-order valence-electron chi connectivity index (χ3n) is 5.46. The summed E-state index contributed by atoms with van der Waals surface area (Å²) in [6.07, 6.45) is 0.672. The molecular weight excluding hydrogens is 434 g/mol. The van der Waals surface area contributed by atoms with E-state index in [1.165, 1.54) is 11.3 Å². The number of carbonyl (C=O) groups is 2. The number of methoxy groups -OCH3 is 1. The predicted molar refractivity (Wildman–Crippen MR) is 135 cm³/mol. The Bertz CT molecular complexity index is 1300. The Hall–Kier alpha value is -3.84. The van der Waals surface area contributed by atoms with E-state index in [-0.39, 0.29) is 17.7 Å². The molecule has 0 saturated heterocycles. The van der Waals surface area contributed by atoms with E-state index in [1.54, 1.807) is 19.2 Å². The lowest BCUT2D eigenvalue weighted by atomic mass is 9.95. The number of benzene rings is 3. The van der Waals surface area contributed by atoms with Crippen LogP contribution in [0, 0.1) is 0 Å². The topological polar surface area (TPSA) is 93.5 Å². The summed E-state index contributed by atoms with van der Waals surface area (Å²) in [5.41, 5.74) is 8.64. The minimum atomic E-state index is -0.272. The Morgan fingerprint density at radius 2 is 1.76 bits per heavy atom. The van der Waals surface area contributed by atoms with E-state index < -0.39 is 0 Å². The quantitative estimate of drug-likeness (QED) is 0.301. The maximum Gasteiger partial charge on any atom is 0.265 e. The molecule has 4 N–H and O–H groups in total. The highest BCUT2D eigenvalue weighted by Crippen LogP contribution is 2.30. The number of hydrogen-bond donors (Lipinski definition) is 3. The standard InChI is InChI=1S/C26H25N3O3S/c1-3-20(16-8-11-19(32-2)12-9-16)25(30)28-18-10-13-23-17(14-18)15-24(33-23)26(31)29-22-7-5-4-6-21(22)27/h4-15,20H,3,27H2,1-2H3,(H,28,30)(H,29,31)/t20-/m0/s1. The maximum atomic E-state index is 13.0. The van der Waals surface area contributed by atoms with E-state index in [9.17, 15) is 9.59 Å². The van der Waals surface area contributed by atoms with Crippen molar-refractivity contribution >= 4 is 50.3 Å². The number of para-hydroxylation sites is 2. The molecule has 0 spiro atoms. The van der Waals surface area contributed by atoms with Crippen LogP contribution in [0.15, 0.2) is 72.8 Å². The normalized spacial score (nSPS) is 11.7. The average molecular weight is 460 g/mol. The van der Waals surface area contributed by atoms with Gasteiger partial charge in [-0.25, -0.2) is 0 Å². The highest BCUT2D eigenvalue weighted by atomic mass is 32.1. The highest BCUT2D eigenvalue weighted by molar-refractivity contribution is 7.20. The molecule has 0 saturated carbocycles. The van der Waals surface area contributed by atoms with Crippen molar-refractivity contribution in [2.75, 3.05) is 23.5 Å². The van der Waals surface area contributed by atoms with Crippen molar-refractivity contribution in [2.45, 2.75) is 19.3 Å². The van der Waals surface area contributed by atoms with Crippen molar-refractivity contribution in [3.63, 3.8) is 0 Å². The molecule has 0 aliphatic carbocycles. The summed E-state index contributed by atoms with van der Waals surface area (Å²) < 4.78 is 6.16. The second-order valence-electron chi connectivity index (χ2n) is 7.63. The number of nitrogens with two attached hydrogens (primary N) is 1. The number of thiophene rings is 1. The van der Waals surface area contributed by atoms with E-state index >= 15 is 0 Å². The zero-order valence-corrected chi connectivity index (χ0v) is 19.2. The number of rotatable bonds is 7. The van der Waals surface area contributed by atoms with Crippen LogP contribution in [-0.2, 0) is 4.79 Å². The molecule has 0 aliphatic rings. The Morgan fingerprint density at radius 1 is 1.00 bits per heavy atom. The Balaban J connectivity index is 1.50. The van der Waals surface area contributed by atoms with Gasteiger partial charge in [-0.05, 0) is 65.9 Å². The van der Waals surface area contributed by atoms with Crippen molar-refractivity contribution in [3.05, 3.63) is 83.2 Å². The second-order valence-corrected chi connectivity index (χ2v) is 8.71. The van der Waals surface area contributed by atoms with E-state index in [0.717, 1.165) is 21.4 Å². The van der Waals surface area contributed by atoms with Gasteiger partial charge in [-0.3, -0.25) is 9.59 Å². The predicted octanol–water partition coefficient (Wildman–Crippen LogP) is 5.88. The van der Waals surface area contributed by atoms with Crippen LogP contribution in [0.4, 0.5) is 17.1 Å². The van der Waals surface area contributed by atoms with E-state index in [1.807, 2.05) is 67.6 Å². The third kappa shape index (κ3) is 4.99. The van der Waals surface area contributed by atoms with Crippen LogP contribution in [0.2, 0.25) is 0 Å². The van der Waals surface area contributed by atoms with Gasteiger partial charge in [0.05, 0.1) is 29.3 Å². The van der Waals surface area contributed by atoms with Crippen LogP contribution in [0.3, 0.4) is 0 Å². The maximum absolute atomic E-state index is 13.0. The van der Waals surface area contributed by atoms with Crippen LogP contribution in [0.5, 0.6) is 5.75 Å².